The van der Waals surface area contributed by atoms with Crippen LogP contribution < -0.4 is 16.4 Å². The molecule has 0 spiro atoms. The van der Waals surface area contributed by atoms with E-state index in [2.05, 4.69) is 22.5 Å². The lowest BCUT2D eigenvalue weighted by Gasteiger charge is -2.57. The zero-order valence-electron chi connectivity index (χ0n) is 22.4. The van der Waals surface area contributed by atoms with Gasteiger partial charge in [0.1, 0.15) is 0 Å². The Labute approximate surface area is 210 Å². The molecule has 4 nitrogen and oxygen atoms in total. The summed E-state index contributed by atoms with van der Waals surface area (Å²) in [5.74, 6) is 5.68. The van der Waals surface area contributed by atoms with Gasteiger partial charge >= 0.3 is 0 Å². The summed E-state index contributed by atoms with van der Waals surface area (Å²) < 4.78 is 0. The highest BCUT2D eigenvalue weighted by Crippen LogP contribution is 2.57. The molecule has 34 heavy (non-hydrogen) atoms. The number of nitrogens with zero attached hydrogens (tertiary/aromatic N) is 1. The molecule has 9 unspecified atom stereocenters. The monoisotopic (exact) mass is 472 g/mol. The Hall–Kier alpha value is -0.160. The van der Waals surface area contributed by atoms with Crippen molar-refractivity contribution in [3.63, 3.8) is 0 Å². The van der Waals surface area contributed by atoms with Crippen LogP contribution in [0.4, 0.5) is 0 Å². The van der Waals surface area contributed by atoms with Gasteiger partial charge in [-0.3, -0.25) is 15.5 Å². The van der Waals surface area contributed by atoms with Crippen molar-refractivity contribution in [1.82, 2.24) is 15.5 Å². The lowest BCUT2D eigenvalue weighted by atomic mass is 9.64. The van der Waals surface area contributed by atoms with Crippen molar-refractivity contribution in [3.8, 4) is 0 Å². The second-order valence-electron chi connectivity index (χ2n) is 13.0. The number of piperidine rings is 1. The molecular formula is C30H56N4. The van der Waals surface area contributed by atoms with E-state index in [0.29, 0.717) is 12.1 Å². The lowest BCUT2D eigenvalue weighted by molar-refractivity contribution is -0.0821. The van der Waals surface area contributed by atoms with Crippen molar-refractivity contribution < 1.29 is 0 Å². The van der Waals surface area contributed by atoms with Crippen LogP contribution in [-0.2, 0) is 0 Å². The number of likely N-dealkylation sites (tertiary alicyclic amines) is 1. The van der Waals surface area contributed by atoms with E-state index in [0.717, 1.165) is 42.3 Å². The minimum Gasteiger partial charge on any atom is -0.316 e. The average Bonchev–Trinajstić information content (AvgIpc) is 3.21. The first-order valence-electron chi connectivity index (χ1n) is 15.7. The SMILES string of the molecule is CCCCCCCCCCCCN1C2CC3C(CC4CCCCC43)CC2CC2C(N)NCNC21. The van der Waals surface area contributed by atoms with Gasteiger partial charge in [-0.25, -0.2) is 0 Å². The number of fused-ring (bicyclic) bond motifs is 5. The highest BCUT2D eigenvalue weighted by molar-refractivity contribution is 5.05. The van der Waals surface area contributed by atoms with Crippen LogP contribution in [0.3, 0.4) is 0 Å². The van der Waals surface area contributed by atoms with Gasteiger partial charge < -0.3 is 5.73 Å². The van der Waals surface area contributed by atoms with Crippen molar-refractivity contribution in [2.75, 3.05) is 13.2 Å². The molecule has 0 bridgehead atoms. The molecule has 0 aromatic carbocycles. The first-order valence-corrected chi connectivity index (χ1v) is 15.7. The van der Waals surface area contributed by atoms with Crippen LogP contribution in [0.25, 0.3) is 0 Å². The van der Waals surface area contributed by atoms with Crippen molar-refractivity contribution in [1.29, 1.82) is 0 Å². The third kappa shape index (κ3) is 5.71. The Morgan fingerprint density at radius 1 is 0.676 bits per heavy atom. The fraction of sp³-hybridized carbons (Fsp3) is 1.00. The van der Waals surface area contributed by atoms with Crippen LogP contribution in [0.15, 0.2) is 0 Å². The summed E-state index contributed by atoms with van der Waals surface area (Å²) in [7, 11) is 0. The summed E-state index contributed by atoms with van der Waals surface area (Å²) in [6.07, 6.45) is 27.0. The molecule has 0 amide bonds. The van der Waals surface area contributed by atoms with Gasteiger partial charge in [-0.1, -0.05) is 84.0 Å². The van der Waals surface area contributed by atoms with Gasteiger partial charge in [0.2, 0.25) is 0 Å². The molecule has 4 heteroatoms. The van der Waals surface area contributed by atoms with E-state index in [-0.39, 0.29) is 6.17 Å². The van der Waals surface area contributed by atoms with Gasteiger partial charge in [0.05, 0.1) is 12.3 Å². The zero-order valence-corrected chi connectivity index (χ0v) is 22.4. The van der Waals surface area contributed by atoms with Crippen LogP contribution in [0.1, 0.15) is 122 Å². The number of nitrogens with two attached hydrogens (primary N) is 1. The maximum Gasteiger partial charge on any atom is 0.0666 e. The van der Waals surface area contributed by atoms with Gasteiger partial charge in [0.15, 0.2) is 0 Å². The van der Waals surface area contributed by atoms with Crippen LogP contribution in [0.2, 0.25) is 0 Å². The molecule has 0 aromatic rings. The molecule has 2 heterocycles. The van der Waals surface area contributed by atoms with Gasteiger partial charge in [-0.15, -0.1) is 0 Å². The summed E-state index contributed by atoms with van der Waals surface area (Å²) in [5.41, 5.74) is 6.65. The molecule has 0 radical (unpaired) electrons. The number of hydrogen-bond acceptors (Lipinski definition) is 4. The number of unbranched alkanes of at least 4 members (excludes halogenated alkanes) is 9. The molecule has 2 saturated heterocycles. The Bertz CT molecular complexity index is 611. The van der Waals surface area contributed by atoms with Crippen molar-refractivity contribution >= 4 is 0 Å². The molecule has 4 N–H and O–H groups in total. The van der Waals surface area contributed by atoms with Crippen molar-refractivity contribution in [2.24, 2.45) is 41.2 Å². The van der Waals surface area contributed by atoms with E-state index in [4.69, 9.17) is 5.73 Å². The Morgan fingerprint density at radius 3 is 2.18 bits per heavy atom. The van der Waals surface area contributed by atoms with E-state index >= 15 is 0 Å². The van der Waals surface area contributed by atoms with Gasteiger partial charge in [-0.2, -0.15) is 0 Å². The van der Waals surface area contributed by atoms with Crippen molar-refractivity contribution in [2.45, 2.75) is 141 Å². The third-order valence-corrected chi connectivity index (χ3v) is 11.0. The fourth-order valence-corrected chi connectivity index (χ4v) is 9.38. The summed E-state index contributed by atoms with van der Waals surface area (Å²) in [6, 6.07) is 0.819. The minimum atomic E-state index is 0.172. The standard InChI is InChI=1S/C30H56N4/c1-2-3-4-5-6-7-8-9-10-13-16-34-28-20-26-23(17-22-14-11-12-15-25(22)26)18-24(28)19-27-29(31)32-21-33-30(27)34/h22-30,32-33H,2-21,31H2,1H3. The first-order chi connectivity index (χ1) is 16.8. The van der Waals surface area contributed by atoms with Gasteiger partial charge in [0, 0.05) is 18.6 Å². The predicted octanol–water partition coefficient (Wildman–Crippen LogP) is 6.21. The molecule has 0 aromatic heterocycles. The summed E-state index contributed by atoms with van der Waals surface area (Å²) in [6.45, 7) is 4.49. The van der Waals surface area contributed by atoms with Gasteiger partial charge in [-0.05, 0) is 74.7 Å². The summed E-state index contributed by atoms with van der Waals surface area (Å²) >= 11 is 0. The van der Waals surface area contributed by atoms with Crippen LogP contribution in [-0.4, -0.2) is 36.5 Å². The van der Waals surface area contributed by atoms with Crippen LogP contribution in [0.5, 0.6) is 0 Å². The third-order valence-electron chi connectivity index (χ3n) is 11.0. The van der Waals surface area contributed by atoms with E-state index in [9.17, 15) is 0 Å². The molecule has 196 valence electrons. The predicted molar refractivity (Wildman–Crippen MR) is 143 cm³/mol. The molecule has 2 aliphatic heterocycles. The van der Waals surface area contributed by atoms with E-state index in [1.165, 1.54) is 109 Å². The normalized spacial score (nSPS) is 42.0. The smallest absolute Gasteiger partial charge is 0.0666 e. The molecule has 9 atom stereocenters. The fourth-order valence-electron chi connectivity index (χ4n) is 9.38. The Balaban J connectivity index is 1.15. The Morgan fingerprint density at radius 2 is 1.38 bits per heavy atom. The summed E-state index contributed by atoms with van der Waals surface area (Å²) in [5, 5.41) is 7.40. The van der Waals surface area contributed by atoms with E-state index in [1.54, 1.807) is 12.8 Å². The highest BCUT2D eigenvalue weighted by Gasteiger charge is 2.54. The maximum atomic E-state index is 6.65. The van der Waals surface area contributed by atoms with E-state index < -0.39 is 0 Å². The molecular weight excluding hydrogens is 416 g/mol. The summed E-state index contributed by atoms with van der Waals surface area (Å²) in [4.78, 5) is 2.97. The molecule has 3 aliphatic carbocycles. The minimum absolute atomic E-state index is 0.172. The molecule has 5 fully saturated rings. The van der Waals surface area contributed by atoms with Gasteiger partial charge in [0.25, 0.3) is 0 Å². The second-order valence-corrected chi connectivity index (χ2v) is 13.0. The topological polar surface area (TPSA) is 53.3 Å². The number of hydrogen-bond donors (Lipinski definition) is 3. The largest absolute Gasteiger partial charge is 0.316 e. The van der Waals surface area contributed by atoms with E-state index in [1.807, 2.05) is 0 Å². The molecule has 5 aliphatic rings. The molecule has 3 saturated carbocycles. The highest BCUT2D eigenvalue weighted by atomic mass is 15.4. The second kappa shape index (κ2) is 12.4. The number of rotatable bonds is 11. The number of nitrogens with one attached hydrogen (secondary N) is 2. The van der Waals surface area contributed by atoms with Crippen molar-refractivity contribution in [3.05, 3.63) is 0 Å². The quantitative estimate of drug-likeness (QED) is 0.313. The lowest BCUT2D eigenvalue weighted by Crippen LogP contribution is -2.71. The average molecular weight is 473 g/mol. The first kappa shape index (κ1) is 25.5. The Kier molecular flexibility index (Phi) is 9.29. The van der Waals surface area contributed by atoms with Crippen LogP contribution >= 0.6 is 0 Å². The van der Waals surface area contributed by atoms with Crippen LogP contribution in [0, 0.1) is 35.5 Å². The zero-order chi connectivity index (χ0) is 23.3. The molecule has 5 rings (SSSR count). The maximum absolute atomic E-state index is 6.65.